The van der Waals surface area contributed by atoms with Gasteiger partial charge in [-0.1, -0.05) is 105 Å². The molecule has 6 heteroatoms. The number of rotatable bonds is 27. The van der Waals surface area contributed by atoms with Crippen LogP contribution in [0.3, 0.4) is 0 Å². The molecule has 0 aliphatic carbocycles. The van der Waals surface area contributed by atoms with Gasteiger partial charge < -0.3 is 4.90 Å². The number of nitrogens with zero attached hydrogens (tertiary/aromatic N) is 1. The van der Waals surface area contributed by atoms with Gasteiger partial charge in [-0.3, -0.25) is 9.05 Å². The van der Waals surface area contributed by atoms with Gasteiger partial charge in [0.1, 0.15) is 0 Å². The molecule has 0 amide bonds. The van der Waals surface area contributed by atoms with E-state index in [0.29, 0.717) is 31.6 Å². The van der Waals surface area contributed by atoms with Crippen LogP contribution in [0.5, 0.6) is 0 Å². The molecule has 212 valence electrons. The molecule has 0 aliphatic heterocycles. The first kappa shape index (κ1) is 35.1. The summed E-state index contributed by atoms with van der Waals surface area (Å²) >= 11 is 0. The summed E-state index contributed by atoms with van der Waals surface area (Å²) < 4.78 is 26.1. The minimum absolute atomic E-state index is 0.470. The van der Waals surface area contributed by atoms with Gasteiger partial charge in [-0.15, -0.1) is 0 Å². The van der Waals surface area contributed by atoms with Crippen molar-refractivity contribution >= 4 is 7.75 Å². The zero-order chi connectivity index (χ0) is 26.2. The van der Waals surface area contributed by atoms with Crippen molar-refractivity contribution in [2.75, 3.05) is 40.4 Å². The van der Waals surface area contributed by atoms with Crippen molar-refractivity contribution in [3.8, 4) is 0 Å². The Morgan fingerprint density at radius 3 is 1.46 bits per heavy atom. The maximum Gasteiger partial charge on any atom is 0.405 e. The highest BCUT2D eigenvalue weighted by atomic mass is 31.2. The zero-order valence-corrected chi connectivity index (χ0v) is 25.5. The largest absolute Gasteiger partial charge is 0.405 e. The molecule has 0 aromatic heterocycles. The molecule has 2 unspecified atom stereocenters. The Hall–Kier alpha value is 0.0700. The van der Waals surface area contributed by atoms with E-state index in [1.807, 2.05) is 0 Å². The number of nitrogens with one attached hydrogen (secondary N) is 1. The fourth-order valence-corrected chi connectivity index (χ4v) is 5.98. The molecule has 0 aromatic rings. The smallest absolute Gasteiger partial charge is 0.309 e. The van der Waals surface area contributed by atoms with Gasteiger partial charge in [0, 0.05) is 6.54 Å². The van der Waals surface area contributed by atoms with Crippen molar-refractivity contribution in [1.82, 2.24) is 9.99 Å². The molecule has 5 nitrogen and oxygen atoms in total. The SMILES string of the molecule is CCCCCCC(CCCC)COP(=O)(NCCCN(C)C)OCC(CCCC)CCCCCC. The second kappa shape index (κ2) is 24.4. The van der Waals surface area contributed by atoms with E-state index in [2.05, 4.69) is 51.8 Å². The summed E-state index contributed by atoms with van der Waals surface area (Å²) in [4.78, 5) is 2.16. The molecular formula is C29H63N2O3P. The third-order valence-corrected chi connectivity index (χ3v) is 8.50. The van der Waals surface area contributed by atoms with Gasteiger partial charge in [0.15, 0.2) is 0 Å². The molecule has 0 saturated heterocycles. The fraction of sp³-hybridized carbons (Fsp3) is 1.00. The van der Waals surface area contributed by atoms with Crippen molar-refractivity contribution in [2.24, 2.45) is 11.8 Å². The molecule has 0 heterocycles. The summed E-state index contributed by atoms with van der Waals surface area (Å²) in [5, 5.41) is 3.21. The molecule has 0 aliphatic rings. The fourth-order valence-electron chi connectivity index (χ4n) is 4.47. The summed E-state index contributed by atoms with van der Waals surface area (Å²) in [6.45, 7) is 11.7. The highest BCUT2D eigenvalue weighted by Crippen LogP contribution is 2.45. The summed E-state index contributed by atoms with van der Waals surface area (Å²) in [5.74, 6) is 0.939. The summed E-state index contributed by atoms with van der Waals surface area (Å²) in [7, 11) is 0.830. The molecule has 0 saturated carbocycles. The minimum Gasteiger partial charge on any atom is -0.309 e. The van der Waals surface area contributed by atoms with Crippen LogP contribution in [0.15, 0.2) is 0 Å². The van der Waals surface area contributed by atoms with Crippen LogP contribution in [0, 0.1) is 11.8 Å². The first-order valence-corrected chi connectivity index (χ1v) is 16.7. The summed E-state index contributed by atoms with van der Waals surface area (Å²) in [5.41, 5.74) is 0. The molecule has 1 N–H and O–H groups in total. The van der Waals surface area contributed by atoms with E-state index in [-0.39, 0.29) is 0 Å². The van der Waals surface area contributed by atoms with Crippen molar-refractivity contribution in [1.29, 1.82) is 0 Å². The third-order valence-electron chi connectivity index (χ3n) is 6.91. The molecule has 0 fully saturated rings. The number of unbranched alkanes of at least 4 members (excludes halogenated alkanes) is 8. The van der Waals surface area contributed by atoms with Crippen molar-refractivity contribution < 1.29 is 13.6 Å². The molecule has 2 atom stereocenters. The molecule has 0 spiro atoms. The molecule has 0 radical (unpaired) electrons. The third kappa shape index (κ3) is 21.8. The molecular weight excluding hydrogens is 455 g/mol. The average Bonchev–Trinajstić information content (AvgIpc) is 2.84. The van der Waals surface area contributed by atoms with Gasteiger partial charge in [-0.05, 0) is 64.6 Å². The highest BCUT2D eigenvalue weighted by Gasteiger charge is 2.27. The molecule has 0 rings (SSSR count). The van der Waals surface area contributed by atoms with Crippen molar-refractivity contribution in [3.05, 3.63) is 0 Å². The topological polar surface area (TPSA) is 50.8 Å². The van der Waals surface area contributed by atoms with E-state index in [1.165, 1.54) is 77.0 Å². The lowest BCUT2D eigenvalue weighted by Crippen LogP contribution is -2.24. The highest BCUT2D eigenvalue weighted by molar-refractivity contribution is 7.51. The van der Waals surface area contributed by atoms with E-state index in [0.717, 1.165) is 38.6 Å². The number of hydrogen-bond acceptors (Lipinski definition) is 4. The van der Waals surface area contributed by atoms with Crippen molar-refractivity contribution in [3.63, 3.8) is 0 Å². The first-order chi connectivity index (χ1) is 16.9. The average molecular weight is 519 g/mol. The lowest BCUT2D eigenvalue weighted by atomic mass is 9.96. The van der Waals surface area contributed by atoms with Crippen molar-refractivity contribution in [2.45, 2.75) is 137 Å². The van der Waals surface area contributed by atoms with E-state index in [4.69, 9.17) is 9.05 Å². The summed E-state index contributed by atoms with van der Waals surface area (Å²) in [6.07, 6.45) is 20.5. The number of hydrogen-bond donors (Lipinski definition) is 1. The van der Waals surface area contributed by atoms with E-state index >= 15 is 0 Å². The maximum atomic E-state index is 13.8. The van der Waals surface area contributed by atoms with E-state index < -0.39 is 7.75 Å². The van der Waals surface area contributed by atoms with Crippen LogP contribution in [0.4, 0.5) is 0 Å². The zero-order valence-electron chi connectivity index (χ0n) is 24.6. The lowest BCUT2D eigenvalue weighted by molar-refractivity contribution is 0.140. The Morgan fingerprint density at radius 2 is 1.06 bits per heavy atom. The van der Waals surface area contributed by atoms with Gasteiger partial charge >= 0.3 is 7.75 Å². The van der Waals surface area contributed by atoms with Gasteiger partial charge in [0.05, 0.1) is 13.2 Å². The normalized spacial score (nSPS) is 15.4. The molecule has 35 heavy (non-hydrogen) atoms. The van der Waals surface area contributed by atoms with Crippen LogP contribution in [0.25, 0.3) is 0 Å². The first-order valence-electron chi connectivity index (χ1n) is 15.2. The Balaban J connectivity index is 5.03. The maximum absolute atomic E-state index is 13.8. The Morgan fingerprint density at radius 1 is 0.629 bits per heavy atom. The molecule has 0 bridgehead atoms. The minimum atomic E-state index is -3.31. The summed E-state index contributed by atoms with van der Waals surface area (Å²) in [6, 6.07) is 0. The Kier molecular flexibility index (Phi) is 24.5. The van der Waals surface area contributed by atoms with Crippen LogP contribution in [0.1, 0.15) is 137 Å². The van der Waals surface area contributed by atoms with Crippen LogP contribution in [0.2, 0.25) is 0 Å². The van der Waals surface area contributed by atoms with Crippen LogP contribution < -0.4 is 5.09 Å². The Labute approximate surface area is 220 Å². The predicted molar refractivity (Wildman–Crippen MR) is 154 cm³/mol. The Bertz CT molecular complexity index is 459. The van der Waals surface area contributed by atoms with Gasteiger partial charge in [-0.25, -0.2) is 9.65 Å². The quantitative estimate of drug-likeness (QED) is 0.0867. The van der Waals surface area contributed by atoms with E-state index in [9.17, 15) is 4.57 Å². The standard InChI is InChI=1S/C29H63N2O3P/c1-7-11-15-17-22-28(20-13-9-3)26-33-35(32,30-24-19-25-31(5)6)34-27-29(21-14-10-4)23-18-16-12-8-2/h28-29H,7-27H2,1-6H3,(H,30,32). The van der Waals surface area contributed by atoms with Gasteiger partial charge in [0.25, 0.3) is 0 Å². The molecule has 0 aromatic carbocycles. The van der Waals surface area contributed by atoms with Crippen LogP contribution in [-0.2, 0) is 13.6 Å². The van der Waals surface area contributed by atoms with Gasteiger partial charge in [0.2, 0.25) is 0 Å². The second-order valence-electron chi connectivity index (χ2n) is 10.9. The van der Waals surface area contributed by atoms with Crippen LogP contribution >= 0.6 is 7.75 Å². The predicted octanol–water partition coefficient (Wildman–Crippen LogP) is 9.22. The lowest BCUT2D eigenvalue weighted by Gasteiger charge is -2.25. The van der Waals surface area contributed by atoms with Crippen LogP contribution in [-0.4, -0.2) is 45.3 Å². The van der Waals surface area contributed by atoms with Gasteiger partial charge in [-0.2, -0.15) is 0 Å². The second-order valence-corrected chi connectivity index (χ2v) is 12.7. The van der Waals surface area contributed by atoms with E-state index in [1.54, 1.807) is 0 Å². The monoisotopic (exact) mass is 518 g/mol.